The Morgan fingerprint density at radius 1 is 1.56 bits per heavy atom. The number of imidazole rings is 1. The fraction of sp³-hybridized carbons (Fsp3) is 0.111. The van der Waals surface area contributed by atoms with Crippen molar-refractivity contribution in [2.75, 3.05) is 0 Å². The minimum absolute atomic E-state index is 0.183. The summed E-state index contributed by atoms with van der Waals surface area (Å²) in [7, 11) is 0. The smallest absolute Gasteiger partial charge is 0.399 e. The van der Waals surface area contributed by atoms with Gasteiger partial charge in [0.15, 0.2) is 0 Å². The lowest BCUT2D eigenvalue weighted by Crippen LogP contribution is -2.05. The van der Waals surface area contributed by atoms with E-state index in [1.807, 2.05) is 0 Å². The topological polar surface area (TPSA) is 97.7 Å². The van der Waals surface area contributed by atoms with Crippen LogP contribution in [0.5, 0.6) is 0 Å². The molecular weight excluding hydrogens is 214 g/mol. The minimum Gasteiger partial charge on any atom is -0.474 e. The lowest BCUT2D eigenvalue weighted by atomic mass is 10.3. The van der Waals surface area contributed by atoms with Gasteiger partial charge in [-0.05, 0) is 29.0 Å². The van der Waals surface area contributed by atoms with Crippen molar-refractivity contribution in [2.24, 2.45) is 0 Å². The lowest BCUT2D eigenvalue weighted by molar-refractivity contribution is -0.387. The zero-order valence-electron chi connectivity index (χ0n) is 8.25. The molecule has 0 radical (unpaired) electrons. The second-order valence-corrected chi connectivity index (χ2v) is 3.21. The number of carboxylic acids is 1. The van der Waals surface area contributed by atoms with E-state index in [1.54, 1.807) is 19.1 Å². The second-order valence-electron chi connectivity index (χ2n) is 3.21. The molecule has 1 N–H and O–H groups in total. The molecule has 2 heterocycles. The summed E-state index contributed by atoms with van der Waals surface area (Å²) in [5.74, 6) is -2.08. The van der Waals surface area contributed by atoms with Gasteiger partial charge in [-0.15, -0.1) is 0 Å². The molecule has 0 aliphatic carbocycles. The molecule has 7 heteroatoms. The summed E-state index contributed by atoms with van der Waals surface area (Å²) < 4.78 is 1.25. The number of carbonyl (C=O) groups is 1. The Morgan fingerprint density at radius 3 is 2.81 bits per heavy atom. The molecule has 0 aliphatic rings. The number of fused-ring (bicyclic) bond motifs is 1. The van der Waals surface area contributed by atoms with Gasteiger partial charge in [-0.2, -0.15) is 0 Å². The Labute approximate surface area is 89.1 Å². The average Bonchev–Trinajstić information content (AvgIpc) is 2.58. The number of hydrogen-bond acceptors (Lipinski definition) is 4. The monoisotopic (exact) mass is 221 g/mol. The van der Waals surface area contributed by atoms with Gasteiger partial charge in [-0.3, -0.25) is 4.40 Å². The molecule has 0 saturated carbocycles. The average molecular weight is 221 g/mol. The van der Waals surface area contributed by atoms with Gasteiger partial charge < -0.3 is 15.2 Å². The summed E-state index contributed by atoms with van der Waals surface area (Å²) in [5.41, 5.74) is 0.762. The van der Waals surface area contributed by atoms with Gasteiger partial charge in [0, 0.05) is 5.69 Å². The van der Waals surface area contributed by atoms with E-state index < -0.39 is 16.7 Å². The van der Waals surface area contributed by atoms with Crippen LogP contribution < -0.4 is 0 Å². The van der Waals surface area contributed by atoms with Gasteiger partial charge in [0.1, 0.15) is 5.52 Å². The standard InChI is InChI=1S/C9H7N3O4/c1-5-3-2-4-6-7(12(15)16)10-8(9(13)14)11(5)6/h2-4H,1H3,(H,13,14). The van der Waals surface area contributed by atoms with Crippen molar-refractivity contribution in [2.45, 2.75) is 6.92 Å². The molecular formula is C9H7N3O4. The van der Waals surface area contributed by atoms with E-state index in [-0.39, 0.29) is 11.3 Å². The summed E-state index contributed by atoms with van der Waals surface area (Å²) in [6.07, 6.45) is 0. The molecule has 0 unspecified atom stereocenters. The van der Waals surface area contributed by atoms with Crippen LogP contribution in [0.3, 0.4) is 0 Å². The van der Waals surface area contributed by atoms with Crippen LogP contribution in [-0.2, 0) is 0 Å². The zero-order chi connectivity index (χ0) is 11.9. The van der Waals surface area contributed by atoms with Gasteiger partial charge >= 0.3 is 17.6 Å². The predicted molar refractivity (Wildman–Crippen MR) is 53.5 cm³/mol. The highest BCUT2D eigenvalue weighted by atomic mass is 16.6. The van der Waals surface area contributed by atoms with Gasteiger partial charge in [0.05, 0.1) is 0 Å². The van der Waals surface area contributed by atoms with Crippen LogP contribution >= 0.6 is 0 Å². The third-order valence-corrected chi connectivity index (χ3v) is 2.20. The highest BCUT2D eigenvalue weighted by molar-refractivity contribution is 5.87. The van der Waals surface area contributed by atoms with E-state index in [0.717, 1.165) is 0 Å². The highest BCUT2D eigenvalue weighted by Gasteiger charge is 2.27. The maximum absolute atomic E-state index is 10.9. The summed E-state index contributed by atoms with van der Waals surface area (Å²) >= 11 is 0. The Balaban J connectivity index is 2.93. The van der Waals surface area contributed by atoms with E-state index in [2.05, 4.69) is 4.98 Å². The number of hydrogen-bond donors (Lipinski definition) is 1. The summed E-state index contributed by atoms with van der Waals surface area (Å²) in [5, 5.41) is 19.6. The van der Waals surface area contributed by atoms with Crippen molar-refractivity contribution >= 4 is 17.3 Å². The fourth-order valence-corrected chi connectivity index (χ4v) is 1.56. The number of nitro groups is 1. The van der Waals surface area contributed by atoms with Crippen LogP contribution in [0.25, 0.3) is 5.52 Å². The van der Waals surface area contributed by atoms with Crippen molar-refractivity contribution < 1.29 is 14.8 Å². The van der Waals surface area contributed by atoms with Gasteiger partial charge in [-0.25, -0.2) is 4.79 Å². The molecule has 82 valence electrons. The quantitative estimate of drug-likeness (QED) is 0.607. The zero-order valence-corrected chi connectivity index (χ0v) is 8.25. The molecule has 0 aliphatic heterocycles. The number of rotatable bonds is 2. The van der Waals surface area contributed by atoms with Gasteiger partial charge in [0.25, 0.3) is 0 Å². The summed E-state index contributed by atoms with van der Waals surface area (Å²) in [4.78, 5) is 24.4. The first kappa shape index (κ1) is 10.1. The van der Waals surface area contributed by atoms with Crippen molar-refractivity contribution in [3.05, 3.63) is 39.8 Å². The highest BCUT2D eigenvalue weighted by Crippen LogP contribution is 2.21. The first-order valence-electron chi connectivity index (χ1n) is 4.38. The normalized spacial score (nSPS) is 10.6. The van der Waals surface area contributed by atoms with Crippen LogP contribution in [0.4, 0.5) is 5.82 Å². The first-order chi connectivity index (χ1) is 7.52. The molecule has 0 fully saturated rings. The van der Waals surface area contributed by atoms with Crippen LogP contribution in [0, 0.1) is 17.0 Å². The van der Waals surface area contributed by atoms with Crippen LogP contribution in [-0.4, -0.2) is 25.4 Å². The van der Waals surface area contributed by atoms with E-state index in [9.17, 15) is 14.9 Å². The molecule has 2 rings (SSSR count). The summed E-state index contributed by atoms with van der Waals surface area (Å²) in [6.45, 7) is 1.66. The van der Waals surface area contributed by atoms with E-state index >= 15 is 0 Å². The number of nitrogens with zero attached hydrogens (tertiary/aromatic N) is 3. The number of pyridine rings is 1. The molecule has 2 aromatic heterocycles. The van der Waals surface area contributed by atoms with Gasteiger partial charge in [0.2, 0.25) is 0 Å². The maximum atomic E-state index is 10.9. The van der Waals surface area contributed by atoms with Crippen LogP contribution in [0.15, 0.2) is 18.2 Å². The fourth-order valence-electron chi connectivity index (χ4n) is 1.56. The van der Waals surface area contributed by atoms with Crippen molar-refractivity contribution in [3.8, 4) is 0 Å². The number of carboxylic acid groups (broad SMARTS) is 1. The van der Waals surface area contributed by atoms with Crippen molar-refractivity contribution in [1.29, 1.82) is 0 Å². The minimum atomic E-state index is -1.29. The van der Waals surface area contributed by atoms with Crippen molar-refractivity contribution in [3.63, 3.8) is 0 Å². The van der Waals surface area contributed by atoms with E-state index in [0.29, 0.717) is 5.69 Å². The molecule has 0 aromatic carbocycles. The van der Waals surface area contributed by atoms with Crippen molar-refractivity contribution in [1.82, 2.24) is 9.38 Å². The Hall–Kier alpha value is -2.44. The molecule has 2 aromatic rings. The Bertz CT molecular complexity index is 602. The number of aryl methyl sites for hydroxylation is 1. The van der Waals surface area contributed by atoms with E-state index in [4.69, 9.17) is 5.11 Å². The molecule has 0 bridgehead atoms. The molecule has 7 nitrogen and oxygen atoms in total. The molecule has 0 spiro atoms. The number of aromatic nitrogens is 2. The molecule has 16 heavy (non-hydrogen) atoms. The second kappa shape index (κ2) is 3.30. The van der Waals surface area contributed by atoms with E-state index in [1.165, 1.54) is 10.5 Å². The van der Waals surface area contributed by atoms with Crippen LogP contribution in [0.1, 0.15) is 16.3 Å². The Kier molecular flexibility index (Phi) is 2.08. The Morgan fingerprint density at radius 2 is 2.25 bits per heavy atom. The predicted octanol–water partition coefficient (Wildman–Crippen LogP) is 1.25. The first-order valence-corrected chi connectivity index (χ1v) is 4.38. The van der Waals surface area contributed by atoms with Crippen LogP contribution in [0.2, 0.25) is 0 Å². The third-order valence-electron chi connectivity index (χ3n) is 2.20. The lowest BCUT2D eigenvalue weighted by Gasteiger charge is -1.98. The largest absolute Gasteiger partial charge is 0.474 e. The molecule has 0 atom stereocenters. The molecule has 0 saturated heterocycles. The summed E-state index contributed by atoms with van der Waals surface area (Å²) in [6, 6.07) is 4.74. The third kappa shape index (κ3) is 1.29. The molecule has 0 amide bonds. The number of aromatic carboxylic acids is 1. The SMILES string of the molecule is Cc1cccc2c([N+](=O)[O-])nc(C(=O)O)n12. The van der Waals surface area contributed by atoms with Gasteiger partial charge in [-0.1, -0.05) is 6.07 Å². The maximum Gasteiger partial charge on any atom is 0.399 e.